The Kier molecular flexibility index (Phi) is 5.34. The molecule has 0 saturated heterocycles. The standard InChI is InChI=1S/C4H2Xe/c1-2-3-4-5/h1,5H. The van der Waals surface area contributed by atoms with E-state index in [4.69, 9.17) is 6.42 Å². The van der Waals surface area contributed by atoms with Crippen molar-refractivity contribution in [3.05, 3.63) is 0 Å². The van der Waals surface area contributed by atoms with Gasteiger partial charge < -0.3 is 0 Å². The average Bonchev–Trinajstić information content (AvgIpc) is 1.41. The van der Waals surface area contributed by atoms with Gasteiger partial charge in [0.05, 0.1) is 0 Å². The van der Waals surface area contributed by atoms with Crippen molar-refractivity contribution in [2.75, 3.05) is 0 Å². The van der Waals surface area contributed by atoms with Gasteiger partial charge in [0, 0.05) is 0 Å². The third-order valence-electron chi connectivity index (χ3n) is 0.119. The summed E-state index contributed by atoms with van der Waals surface area (Å²) in [4.78, 5) is 0. The van der Waals surface area contributed by atoms with E-state index in [-0.39, 0.29) is 0 Å². The van der Waals surface area contributed by atoms with Crippen molar-refractivity contribution >= 4 is 0 Å². The Morgan fingerprint density at radius 3 is 2.20 bits per heavy atom. The molecule has 0 aromatic carbocycles. The third kappa shape index (κ3) is 4.69. The molecule has 1 heteroatoms. The van der Waals surface area contributed by atoms with Crippen LogP contribution < -0.4 is 0 Å². The van der Waals surface area contributed by atoms with Gasteiger partial charge in [-0.3, -0.25) is 0 Å². The monoisotopic (exact) mass is 182 g/mol. The van der Waals surface area contributed by atoms with Crippen LogP contribution in [0.4, 0.5) is 0 Å². The van der Waals surface area contributed by atoms with Gasteiger partial charge in [-0.15, -0.1) is 0 Å². The second kappa shape index (κ2) is 4.69. The summed E-state index contributed by atoms with van der Waals surface area (Å²) in [5, 5.41) is 0. The Morgan fingerprint density at radius 2 is 2.20 bits per heavy atom. The van der Waals surface area contributed by atoms with Crippen LogP contribution in [0.25, 0.3) is 0 Å². The van der Waals surface area contributed by atoms with E-state index in [0.717, 1.165) is 0 Å². The first-order chi connectivity index (χ1) is 2.41. The molecule has 0 nitrogen and oxygen atoms in total. The van der Waals surface area contributed by atoms with Crippen LogP contribution in [0.15, 0.2) is 0 Å². The van der Waals surface area contributed by atoms with E-state index in [0.29, 0.717) is 0 Å². The molecule has 0 bridgehead atoms. The molecule has 0 spiro atoms. The molecule has 0 N–H and O–H groups in total. The van der Waals surface area contributed by atoms with Crippen molar-refractivity contribution in [2.45, 2.75) is 0 Å². The molecule has 5 heavy (non-hydrogen) atoms. The van der Waals surface area contributed by atoms with Gasteiger partial charge in [0.1, 0.15) is 0 Å². The summed E-state index contributed by atoms with van der Waals surface area (Å²) in [5.41, 5.74) is 0. The SMILES string of the molecule is C#CC#C[XeH]. The zero-order chi connectivity index (χ0) is 4.12. The maximum absolute atomic E-state index is 4.71. The molecule has 0 aliphatic heterocycles. The molecule has 0 fully saturated rings. The van der Waals surface area contributed by atoms with Crippen molar-refractivity contribution in [3.8, 4) is 18.7 Å². The molecule has 0 aliphatic rings. The molecule has 0 unspecified atom stereocenters. The van der Waals surface area contributed by atoms with E-state index in [2.05, 4.69) is 12.2 Å². The van der Waals surface area contributed by atoms with Crippen LogP contribution in [0, 0.1) is 65.2 Å². The second-order valence-corrected chi connectivity index (χ2v) is 0.903. The first kappa shape index (κ1) is 5.69. The third-order valence-corrected chi connectivity index (χ3v) is 0.389. The van der Waals surface area contributed by atoms with Crippen LogP contribution in [0.1, 0.15) is 0 Å². The van der Waals surface area contributed by atoms with Gasteiger partial charge in [-0.05, 0) is 0 Å². The van der Waals surface area contributed by atoms with Crippen molar-refractivity contribution in [2.24, 2.45) is 0 Å². The van der Waals surface area contributed by atoms with Gasteiger partial charge in [-0.1, -0.05) is 0 Å². The van der Waals surface area contributed by atoms with E-state index in [1.807, 2.05) is 46.5 Å². The van der Waals surface area contributed by atoms with Crippen LogP contribution >= 0.6 is 0 Å². The quantitative estimate of drug-likeness (QED) is 0.457. The van der Waals surface area contributed by atoms with Crippen LogP contribution in [-0.2, 0) is 0 Å². The maximum atomic E-state index is 4.71. The molecule has 0 atom stereocenters. The summed E-state index contributed by atoms with van der Waals surface area (Å²) in [6.07, 6.45) is 4.71. The van der Waals surface area contributed by atoms with Crippen LogP contribution in [0.5, 0.6) is 0 Å². The number of rotatable bonds is 0. The molecule has 0 heterocycles. The van der Waals surface area contributed by atoms with Gasteiger partial charge >= 0.3 is 65.2 Å². The number of hydrogen-bond donors (Lipinski definition) is 0. The molecule has 0 aromatic rings. The fraction of sp³-hybridized carbons (Fsp3) is 0. The van der Waals surface area contributed by atoms with Gasteiger partial charge in [0.15, 0.2) is 0 Å². The first-order valence-electron chi connectivity index (χ1n) is 0.978. The molecular weight excluding hydrogens is 179 g/mol. The van der Waals surface area contributed by atoms with E-state index in [1.54, 1.807) is 0 Å². The summed E-state index contributed by atoms with van der Waals surface area (Å²) in [6.45, 7) is 0. The van der Waals surface area contributed by atoms with Gasteiger partial charge in [-0.25, -0.2) is 0 Å². The Labute approximate surface area is 64.0 Å². The zero-order valence-electron chi connectivity index (χ0n) is 2.46. The Hall–Kier alpha value is 0.691. The molecule has 26 valence electrons. The Balaban J connectivity index is 3.30. The second-order valence-electron chi connectivity index (χ2n) is 0.364. The predicted molar refractivity (Wildman–Crippen MR) is 18.0 cm³/mol. The average molecular weight is 181 g/mol. The van der Waals surface area contributed by atoms with Crippen molar-refractivity contribution in [1.82, 2.24) is 0 Å². The van der Waals surface area contributed by atoms with E-state index >= 15 is 0 Å². The van der Waals surface area contributed by atoms with Gasteiger partial charge in [0.2, 0.25) is 0 Å². The molecule has 0 rings (SSSR count). The van der Waals surface area contributed by atoms with Crippen LogP contribution in [-0.4, -0.2) is 0 Å². The summed E-state index contributed by atoms with van der Waals surface area (Å²) >= 11 is 1.88. The molecule has 0 saturated carbocycles. The fourth-order valence-corrected chi connectivity index (χ4v) is 0.183. The van der Waals surface area contributed by atoms with Gasteiger partial charge in [-0.2, -0.15) is 0 Å². The van der Waals surface area contributed by atoms with Gasteiger partial charge in [0.25, 0.3) is 0 Å². The van der Waals surface area contributed by atoms with E-state index in [9.17, 15) is 0 Å². The minimum absolute atomic E-state index is 1.88. The van der Waals surface area contributed by atoms with Crippen LogP contribution in [0.3, 0.4) is 0 Å². The van der Waals surface area contributed by atoms with Crippen molar-refractivity contribution in [3.63, 3.8) is 0 Å². The molecule has 0 radical (unpaired) electrons. The molecule has 0 amide bonds. The zero-order valence-corrected chi connectivity index (χ0v) is 4.61. The van der Waals surface area contributed by atoms with E-state index in [1.165, 1.54) is 0 Å². The summed E-state index contributed by atoms with van der Waals surface area (Å²) in [7, 11) is 0. The Bertz CT molecular complexity index is 97.0. The van der Waals surface area contributed by atoms with Crippen molar-refractivity contribution < 1.29 is 46.5 Å². The normalized spacial score (nSPS) is 3.40. The summed E-state index contributed by atoms with van der Waals surface area (Å²) < 4.78 is 2.50. The molecular formula is C4H2Xe. The van der Waals surface area contributed by atoms with Crippen molar-refractivity contribution in [1.29, 1.82) is 0 Å². The fourth-order valence-electron chi connectivity index (χ4n) is 0.0273. The predicted octanol–water partition coefficient (Wildman–Crippen LogP) is -0.138. The van der Waals surface area contributed by atoms with E-state index < -0.39 is 0 Å². The van der Waals surface area contributed by atoms with Crippen LogP contribution in [0.2, 0.25) is 0 Å². The minimum atomic E-state index is 1.88. The Morgan fingerprint density at radius 1 is 1.60 bits per heavy atom. The molecule has 0 aromatic heterocycles. The topological polar surface area (TPSA) is 0 Å². The number of hydrogen-bond acceptors (Lipinski definition) is 0. The number of terminal acetylenes is 1. The molecule has 0 aliphatic carbocycles. The summed E-state index contributed by atoms with van der Waals surface area (Å²) in [6, 6.07) is 0. The summed E-state index contributed by atoms with van der Waals surface area (Å²) in [5.74, 6) is 4.52. The first-order valence-corrected chi connectivity index (χ1v) is 2.06.